The molecule has 2 aromatic heterocycles. The molecule has 0 saturated carbocycles. The summed E-state index contributed by atoms with van der Waals surface area (Å²) in [5, 5.41) is 4.26. The van der Waals surface area contributed by atoms with Crippen LogP contribution in [0.3, 0.4) is 0 Å². The lowest BCUT2D eigenvalue weighted by Gasteiger charge is -2.11. The SMILES string of the molecule is Cc1ccc2nc(-c3ccc(F)cc3)nc(Nc3ccncc3)c2c1. The molecule has 0 atom stereocenters. The minimum Gasteiger partial charge on any atom is -0.340 e. The Bertz CT molecular complexity index is 1030. The van der Waals surface area contributed by atoms with Crippen molar-refractivity contribution < 1.29 is 4.39 Å². The highest BCUT2D eigenvalue weighted by Crippen LogP contribution is 2.28. The minimum absolute atomic E-state index is 0.282. The van der Waals surface area contributed by atoms with Gasteiger partial charge in [-0.3, -0.25) is 4.98 Å². The summed E-state index contributed by atoms with van der Waals surface area (Å²) in [5.41, 5.74) is 3.61. The summed E-state index contributed by atoms with van der Waals surface area (Å²) in [6.45, 7) is 2.03. The second-order valence-electron chi connectivity index (χ2n) is 5.78. The highest BCUT2D eigenvalue weighted by atomic mass is 19.1. The Hall–Kier alpha value is -3.34. The van der Waals surface area contributed by atoms with Crippen LogP contribution in [-0.4, -0.2) is 15.0 Å². The van der Waals surface area contributed by atoms with Crippen molar-refractivity contribution in [2.24, 2.45) is 0 Å². The van der Waals surface area contributed by atoms with Crippen molar-refractivity contribution in [3.63, 3.8) is 0 Å². The number of benzene rings is 2. The van der Waals surface area contributed by atoms with E-state index in [0.29, 0.717) is 11.6 Å². The van der Waals surface area contributed by atoms with Gasteiger partial charge in [-0.2, -0.15) is 0 Å². The average Bonchev–Trinajstić information content (AvgIpc) is 2.63. The van der Waals surface area contributed by atoms with Crippen LogP contribution in [0.25, 0.3) is 22.3 Å². The fraction of sp³-hybridized carbons (Fsp3) is 0.0500. The normalized spacial score (nSPS) is 10.8. The largest absolute Gasteiger partial charge is 0.340 e. The standard InChI is InChI=1S/C20H15FN4/c1-13-2-7-18-17(12-13)20(23-16-8-10-22-11-9-16)25-19(24-18)14-3-5-15(21)6-4-14/h2-12H,1H3,(H,22,23,24,25). The summed E-state index contributed by atoms with van der Waals surface area (Å²) in [7, 11) is 0. The van der Waals surface area contributed by atoms with Gasteiger partial charge in [0, 0.05) is 29.0 Å². The highest BCUT2D eigenvalue weighted by molar-refractivity contribution is 5.92. The summed E-state index contributed by atoms with van der Waals surface area (Å²) < 4.78 is 13.2. The highest BCUT2D eigenvalue weighted by Gasteiger charge is 2.10. The van der Waals surface area contributed by atoms with Crippen LogP contribution in [0.15, 0.2) is 67.0 Å². The summed E-state index contributed by atoms with van der Waals surface area (Å²) in [5.74, 6) is 0.974. The van der Waals surface area contributed by atoms with Gasteiger partial charge in [0.15, 0.2) is 5.82 Å². The van der Waals surface area contributed by atoms with E-state index < -0.39 is 0 Å². The van der Waals surface area contributed by atoms with Crippen LogP contribution in [0.1, 0.15) is 5.56 Å². The fourth-order valence-corrected chi connectivity index (χ4v) is 2.64. The first kappa shape index (κ1) is 15.2. The molecule has 122 valence electrons. The van der Waals surface area contributed by atoms with Gasteiger partial charge in [-0.1, -0.05) is 11.6 Å². The van der Waals surface area contributed by atoms with Crippen molar-refractivity contribution in [3.8, 4) is 11.4 Å². The Kier molecular flexibility index (Phi) is 3.82. The van der Waals surface area contributed by atoms with Crippen LogP contribution in [0, 0.1) is 12.7 Å². The molecule has 25 heavy (non-hydrogen) atoms. The molecule has 0 amide bonds. The Morgan fingerprint density at radius 3 is 2.40 bits per heavy atom. The predicted octanol–water partition coefficient (Wildman–Crippen LogP) is 4.88. The smallest absolute Gasteiger partial charge is 0.162 e. The predicted molar refractivity (Wildman–Crippen MR) is 97.2 cm³/mol. The first-order chi connectivity index (χ1) is 12.2. The van der Waals surface area contributed by atoms with E-state index in [1.54, 1.807) is 24.5 Å². The lowest BCUT2D eigenvalue weighted by Crippen LogP contribution is -2.00. The number of aromatic nitrogens is 3. The van der Waals surface area contributed by atoms with Crippen molar-refractivity contribution in [2.75, 3.05) is 5.32 Å². The number of rotatable bonds is 3. The van der Waals surface area contributed by atoms with Gasteiger partial charge in [0.2, 0.25) is 0 Å². The van der Waals surface area contributed by atoms with E-state index in [1.807, 2.05) is 37.3 Å². The van der Waals surface area contributed by atoms with Gasteiger partial charge in [0.05, 0.1) is 5.52 Å². The van der Waals surface area contributed by atoms with Crippen LogP contribution in [0.4, 0.5) is 15.9 Å². The molecule has 4 rings (SSSR count). The zero-order valence-corrected chi connectivity index (χ0v) is 13.6. The van der Waals surface area contributed by atoms with E-state index in [4.69, 9.17) is 0 Å². The Labute approximate surface area is 144 Å². The van der Waals surface area contributed by atoms with Gasteiger partial charge in [0.1, 0.15) is 11.6 Å². The van der Waals surface area contributed by atoms with E-state index in [0.717, 1.165) is 27.7 Å². The molecule has 0 aliphatic carbocycles. The Morgan fingerprint density at radius 2 is 1.64 bits per heavy atom. The molecule has 2 aromatic carbocycles. The van der Waals surface area contributed by atoms with Gasteiger partial charge >= 0.3 is 0 Å². The van der Waals surface area contributed by atoms with Crippen LogP contribution in [0.5, 0.6) is 0 Å². The number of pyridine rings is 1. The Balaban J connectivity index is 1.88. The zero-order chi connectivity index (χ0) is 17.2. The number of aryl methyl sites for hydroxylation is 1. The maximum atomic E-state index is 13.2. The molecule has 0 aliphatic heterocycles. The molecular weight excluding hydrogens is 315 g/mol. The van der Waals surface area contributed by atoms with Crippen LogP contribution < -0.4 is 5.32 Å². The molecule has 0 spiro atoms. The van der Waals surface area contributed by atoms with Gasteiger partial charge in [-0.15, -0.1) is 0 Å². The van der Waals surface area contributed by atoms with Gasteiger partial charge in [-0.25, -0.2) is 14.4 Å². The first-order valence-corrected chi connectivity index (χ1v) is 7.90. The zero-order valence-electron chi connectivity index (χ0n) is 13.6. The van der Waals surface area contributed by atoms with Crippen molar-refractivity contribution in [1.29, 1.82) is 0 Å². The number of anilines is 2. The van der Waals surface area contributed by atoms with E-state index in [1.165, 1.54) is 12.1 Å². The summed E-state index contributed by atoms with van der Waals surface area (Å²) in [6.07, 6.45) is 3.44. The van der Waals surface area contributed by atoms with Crippen molar-refractivity contribution in [3.05, 3.63) is 78.4 Å². The molecule has 0 bridgehead atoms. The maximum absolute atomic E-state index is 13.2. The summed E-state index contributed by atoms with van der Waals surface area (Å²) in [4.78, 5) is 13.3. The van der Waals surface area contributed by atoms with Gasteiger partial charge < -0.3 is 5.32 Å². The molecule has 4 nitrogen and oxygen atoms in total. The number of hydrogen-bond donors (Lipinski definition) is 1. The summed E-state index contributed by atoms with van der Waals surface area (Å²) in [6, 6.07) is 16.0. The quantitative estimate of drug-likeness (QED) is 0.581. The molecule has 1 N–H and O–H groups in total. The molecular formula is C20H15FN4. The molecule has 2 heterocycles. The first-order valence-electron chi connectivity index (χ1n) is 7.90. The number of nitrogens with zero attached hydrogens (tertiary/aromatic N) is 3. The molecule has 0 aliphatic rings. The minimum atomic E-state index is -0.282. The average molecular weight is 330 g/mol. The fourth-order valence-electron chi connectivity index (χ4n) is 2.64. The molecule has 4 aromatic rings. The number of hydrogen-bond acceptors (Lipinski definition) is 4. The number of fused-ring (bicyclic) bond motifs is 1. The molecule has 0 radical (unpaired) electrons. The van der Waals surface area contributed by atoms with E-state index >= 15 is 0 Å². The monoisotopic (exact) mass is 330 g/mol. The van der Waals surface area contributed by atoms with Crippen molar-refractivity contribution in [1.82, 2.24) is 15.0 Å². The second-order valence-corrected chi connectivity index (χ2v) is 5.78. The molecule has 0 saturated heterocycles. The third-order valence-electron chi connectivity index (χ3n) is 3.90. The third kappa shape index (κ3) is 3.17. The van der Waals surface area contributed by atoms with Crippen LogP contribution in [0.2, 0.25) is 0 Å². The second kappa shape index (κ2) is 6.28. The number of halogens is 1. The van der Waals surface area contributed by atoms with Crippen molar-refractivity contribution >= 4 is 22.4 Å². The molecule has 0 fully saturated rings. The Morgan fingerprint density at radius 1 is 0.880 bits per heavy atom. The third-order valence-corrected chi connectivity index (χ3v) is 3.90. The van der Waals surface area contributed by atoms with E-state index in [2.05, 4.69) is 20.3 Å². The van der Waals surface area contributed by atoms with Gasteiger partial charge in [0.25, 0.3) is 0 Å². The van der Waals surface area contributed by atoms with E-state index in [-0.39, 0.29) is 5.82 Å². The lowest BCUT2D eigenvalue weighted by atomic mass is 10.1. The molecule has 0 unspecified atom stereocenters. The molecule has 5 heteroatoms. The van der Waals surface area contributed by atoms with Crippen molar-refractivity contribution in [2.45, 2.75) is 6.92 Å². The van der Waals surface area contributed by atoms with Crippen LogP contribution >= 0.6 is 0 Å². The van der Waals surface area contributed by atoms with E-state index in [9.17, 15) is 4.39 Å². The maximum Gasteiger partial charge on any atom is 0.162 e. The van der Waals surface area contributed by atoms with Gasteiger partial charge in [-0.05, 0) is 55.5 Å². The topological polar surface area (TPSA) is 50.7 Å². The summed E-state index contributed by atoms with van der Waals surface area (Å²) >= 11 is 0. The van der Waals surface area contributed by atoms with Crippen LogP contribution in [-0.2, 0) is 0 Å². The lowest BCUT2D eigenvalue weighted by molar-refractivity contribution is 0.628. The number of nitrogens with one attached hydrogen (secondary N) is 1.